The van der Waals surface area contributed by atoms with Crippen LogP contribution < -0.4 is 4.74 Å². The average molecular weight is 552 g/mol. The summed E-state index contributed by atoms with van der Waals surface area (Å²) in [6, 6.07) is 24.5. The molecule has 3 aliphatic heterocycles. The molecular formula is C33H37N5O3. The van der Waals surface area contributed by atoms with Gasteiger partial charge in [-0.05, 0) is 68.0 Å². The summed E-state index contributed by atoms with van der Waals surface area (Å²) in [5.74, 6) is 1.20. The van der Waals surface area contributed by atoms with Crippen molar-refractivity contribution in [3.05, 3.63) is 89.1 Å². The van der Waals surface area contributed by atoms with Crippen LogP contribution >= 0.6 is 0 Å². The monoisotopic (exact) mass is 551 g/mol. The first kappa shape index (κ1) is 27.3. The summed E-state index contributed by atoms with van der Waals surface area (Å²) in [6.07, 6.45) is 3.76. The zero-order chi connectivity index (χ0) is 28.2. The standard InChI is InChI=1S/C33H37N5O3/c1-24-27(9-12-32(35-24)41-30-10-7-25(21-34)8-11-30)22-36-17-13-29(14-18-36)38-31(26-5-3-2-4-6-26)23-37(33(38)39)28-15-19-40-20-16-28/h2-12,28-29,31H,13-20,22-23H2,1H3. The number of nitrogens with zero attached hydrogens (tertiary/aromatic N) is 5. The van der Waals surface area contributed by atoms with Gasteiger partial charge in [-0.25, -0.2) is 9.78 Å². The summed E-state index contributed by atoms with van der Waals surface area (Å²) >= 11 is 0. The second-order valence-electron chi connectivity index (χ2n) is 11.3. The van der Waals surface area contributed by atoms with Crippen LogP contribution in [0.25, 0.3) is 0 Å². The largest absolute Gasteiger partial charge is 0.439 e. The number of likely N-dealkylation sites (tertiary alicyclic amines) is 1. The minimum atomic E-state index is 0.0955. The number of aromatic nitrogens is 1. The second-order valence-corrected chi connectivity index (χ2v) is 11.3. The van der Waals surface area contributed by atoms with Crippen molar-refractivity contribution < 1.29 is 14.3 Å². The van der Waals surface area contributed by atoms with Crippen molar-refractivity contribution in [3.63, 3.8) is 0 Å². The number of aryl methyl sites for hydroxylation is 1. The van der Waals surface area contributed by atoms with Crippen molar-refractivity contribution in [1.29, 1.82) is 5.26 Å². The van der Waals surface area contributed by atoms with Gasteiger partial charge in [0.05, 0.1) is 17.7 Å². The highest BCUT2D eigenvalue weighted by Crippen LogP contribution is 2.37. The van der Waals surface area contributed by atoms with Gasteiger partial charge in [-0.2, -0.15) is 5.26 Å². The van der Waals surface area contributed by atoms with Gasteiger partial charge in [-0.1, -0.05) is 36.4 Å². The molecule has 1 atom stereocenters. The topological polar surface area (TPSA) is 81.9 Å². The summed E-state index contributed by atoms with van der Waals surface area (Å²) in [7, 11) is 0. The van der Waals surface area contributed by atoms with E-state index in [4.69, 9.17) is 14.7 Å². The van der Waals surface area contributed by atoms with E-state index >= 15 is 0 Å². The number of benzene rings is 2. The number of ether oxygens (including phenoxy) is 2. The van der Waals surface area contributed by atoms with Gasteiger partial charge < -0.3 is 19.3 Å². The number of rotatable bonds is 7. The van der Waals surface area contributed by atoms with Crippen molar-refractivity contribution in [3.8, 4) is 17.7 Å². The molecule has 4 heterocycles. The lowest BCUT2D eigenvalue weighted by molar-refractivity contribution is 0.0493. The van der Waals surface area contributed by atoms with Crippen molar-refractivity contribution in [2.24, 2.45) is 0 Å². The first-order valence-corrected chi connectivity index (χ1v) is 14.7. The third-order valence-electron chi connectivity index (χ3n) is 8.71. The van der Waals surface area contributed by atoms with E-state index in [2.05, 4.69) is 56.1 Å². The molecule has 0 spiro atoms. The van der Waals surface area contributed by atoms with Crippen LogP contribution in [0.5, 0.6) is 11.6 Å². The fraction of sp³-hybridized carbons (Fsp3) is 0.424. The van der Waals surface area contributed by atoms with Gasteiger partial charge in [0.2, 0.25) is 5.88 Å². The Labute approximate surface area is 242 Å². The number of urea groups is 1. The molecule has 1 aromatic heterocycles. The number of hydrogen-bond donors (Lipinski definition) is 0. The molecular weight excluding hydrogens is 514 g/mol. The summed E-state index contributed by atoms with van der Waals surface area (Å²) < 4.78 is 11.5. The van der Waals surface area contributed by atoms with Crippen molar-refractivity contribution in [2.45, 2.75) is 57.3 Å². The quantitative estimate of drug-likeness (QED) is 0.376. The van der Waals surface area contributed by atoms with Crippen LogP contribution in [-0.4, -0.2) is 70.6 Å². The summed E-state index contributed by atoms with van der Waals surface area (Å²) in [4.78, 5) is 25.3. The van der Waals surface area contributed by atoms with Gasteiger partial charge >= 0.3 is 6.03 Å². The lowest BCUT2D eigenvalue weighted by Gasteiger charge is -2.39. The maximum atomic E-state index is 13.9. The zero-order valence-corrected chi connectivity index (χ0v) is 23.6. The number of nitriles is 1. The van der Waals surface area contributed by atoms with Gasteiger partial charge in [0.15, 0.2) is 0 Å². The Morgan fingerprint density at radius 2 is 1.68 bits per heavy atom. The van der Waals surface area contributed by atoms with Crippen LogP contribution in [0.2, 0.25) is 0 Å². The maximum absolute atomic E-state index is 13.9. The summed E-state index contributed by atoms with van der Waals surface area (Å²) in [6.45, 7) is 6.96. The highest BCUT2D eigenvalue weighted by atomic mass is 16.5. The van der Waals surface area contributed by atoms with Crippen LogP contribution in [0.15, 0.2) is 66.7 Å². The van der Waals surface area contributed by atoms with E-state index < -0.39 is 0 Å². The van der Waals surface area contributed by atoms with Gasteiger partial charge in [0.1, 0.15) is 5.75 Å². The Bertz CT molecular complexity index is 1380. The van der Waals surface area contributed by atoms with Crippen LogP contribution in [-0.2, 0) is 11.3 Å². The molecule has 0 saturated carbocycles. The Kier molecular flexibility index (Phi) is 8.17. The fourth-order valence-corrected chi connectivity index (χ4v) is 6.39. The molecule has 2 aromatic carbocycles. The van der Waals surface area contributed by atoms with E-state index in [0.717, 1.165) is 70.8 Å². The normalized spacial score (nSPS) is 20.8. The zero-order valence-electron chi connectivity index (χ0n) is 23.6. The van der Waals surface area contributed by atoms with Crippen LogP contribution in [0.4, 0.5) is 4.79 Å². The number of carbonyl (C=O) groups is 1. The molecule has 1 unspecified atom stereocenters. The maximum Gasteiger partial charge on any atom is 0.321 e. The number of hydrogen-bond acceptors (Lipinski definition) is 6. The van der Waals surface area contributed by atoms with Gasteiger partial charge in [-0.3, -0.25) is 4.90 Å². The van der Waals surface area contributed by atoms with Gasteiger partial charge in [0, 0.05) is 63.2 Å². The van der Waals surface area contributed by atoms with Gasteiger partial charge in [-0.15, -0.1) is 0 Å². The number of amides is 2. The molecule has 0 bridgehead atoms. The molecule has 0 radical (unpaired) electrons. The van der Waals surface area contributed by atoms with E-state index in [1.165, 1.54) is 11.1 Å². The minimum Gasteiger partial charge on any atom is -0.439 e. The average Bonchev–Trinajstić information content (AvgIpc) is 3.37. The predicted octanol–water partition coefficient (Wildman–Crippen LogP) is 5.68. The number of carbonyl (C=O) groups excluding carboxylic acids is 1. The van der Waals surface area contributed by atoms with E-state index in [1.54, 1.807) is 24.3 Å². The Morgan fingerprint density at radius 3 is 2.37 bits per heavy atom. The van der Waals surface area contributed by atoms with Crippen molar-refractivity contribution >= 4 is 6.03 Å². The van der Waals surface area contributed by atoms with Crippen molar-refractivity contribution in [1.82, 2.24) is 19.7 Å². The highest BCUT2D eigenvalue weighted by Gasteiger charge is 2.45. The molecule has 3 saturated heterocycles. The molecule has 8 nitrogen and oxygen atoms in total. The smallest absolute Gasteiger partial charge is 0.321 e. The third kappa shape index (κ3) is 6.07. The Morgan fingerprint density at radius 1 is 0.951 bits per heavy atom. The minimum absolute atomic E-state index is 0.0955. The van der Waals surface area contributed by atoms with E-state index in [1.807, 2.05) is 19.1 Å². The van der Waals surface area contributed by atoms with Crippen molar-refractivity contribution in [2.75, 3.05) is 32.8 Å². The number of piperidine rings is 1. The number of pyridine rings is 1. The summed E-state index contributed by atoms with van der Waals surface area (Å²) in [5, 5.41) is 8.99. The first-order chi connectivity index (χ1) is 20.1. The Balaban J connectivity index is 1.09. The molecule has 8 heteroatoms. The van der Waals surface area contributed by atoms with Crippen LogP contribution in [0, 0.1) is 18.3 Å². The molecule has 0 aliphatic carbocycles. The second kappa shape index (κ2) is 12.3. The van der Waals surface area contributed by atoms with Crippen LogP contribution in [0.3, 0.4) is 0 Å². The highest BCUT2D eigenvalue weighted by molar-refractivity contribution is 5.78. The Hall–Kier alpha value is -3.93. The molecule has 3 fully saturated rings. The molecule has 6 rings (SSSR count). The molecule has 3 aliphatic rings. The summed E-state index contributed by atoms with van der Waals surface area (Å²) in [5.41, 5.74) is 3.95. The van der Waals surface area contributed by atoms with E-state index in [-0.39, 0.29) is 24.2 Å². The molecule has 3 aromatic rings. The predicted molar refractivity (Wildman–Crippen MR) is 155 cm³/mol. The molecule has 41 heavy (non-hydrogen) atoms. The molecule has 212 valence electrons. The van der Waals surface area contributed by atoms with Crippen LogP contribution in [0.1, 0.15) is 54.1 Å². The van der Waals surface area contributed by atoms with E-state index in [0.29, 0.717) is 17.2 Å². The lowest BCUT2D eigenvalue weighted by Crippen LogP contribution is -2.48. The van der Waals surface area contributed by atoms with Gasteiger partial charge in [0.25, 0.3) is 0 Å². The lowest BCUT2D eigenvalue weighted by atomic mass is 9.98. The SMILES string of the molecule is Cc1nc(Oc2ccc(C#N)cc2)ccc1CN1CCC(N2C(=O)N(C3CCOCC3)CC2c2ccccc2)CC1. The first-order valence-electron chi connectivity index (χ1n) is 14.7. The third-order valence-corrected chi connectivity index (χ3v) is 8.71. The fourth-order valence-electron chi connectivity index (χ4n) is 6.39. The molecule has 2 amide bonds. The molecule has 0 N–H and O–H groups in total. The van der Waals surface area contributed by atoms with E-state index in [9.17, 15) is 4.79 Å².